The molecule has 0 saturated heterocycles. The molecule has 0 aromatic heterocycles. The van der Waals surface area contributed by atoms with Crippen LogP contribution >= 0.6 is 23.2 Å². The topological polar surface area (TPSA) is 66.5 Å². The molecule has 5 nitrogen and oxygen atoms in total. The molecule has 0 bridgehead atoms. The average Bonchev–Trinajstić information content (AvgIpc) is 2.56. The fourth-order valence-electron chi connectivity index (χ4n) is 2.09. The van der Waals surface area contributed by atoms with Crippen molar-refractivity contribution >= 4 is 39.1 Å². The molecule has 0 radical (unpaired) electrons. The highest BCUT2D eigenvalue weighted by Crippen LogP contribution is 2.27. The lowest BCUT2D eigenvalue weighted by Crippen LogP contribution is -2.27. The van der Waals surface area contributed by atoms with Crippen molar-refractivity contribution in [3.63, 3.8) is 0 Å². The van der Waals surface area contributed by atoms with E-state index in [0.717, 1.165) is 5.56 Å². The van der Waals surface area contributed by atoms with Gasteiger partial charge >= 0.3 is 0 Å². The highest BCUT2D eigenvalue weighted by molar-refractivity contribution is 7.89. The number of sulfonamides is 1. The minimum atomic E-state index is -3.78. The van der Waals surface area contributed by atoms with Gasteiger partial charge in [0.1, 0.15) is 4.90 Å². The summed E-state index contributed by atoms with van der Waals surface area (Å²) in [6.07, 6.45) is 0. The molecular formula is C16H16Cl2N2O3S. The van der Waals surface area contributed by atoms with Crippen LogP contribution in [0.3, 0.4) is 0 Å². The Balaban J connectivity index is 2.23. The lowest BCUT2D eigenvalue weighted by molar-refractivity contribution is 0.0963. The third kappa shape index (κ3) is 4.08. The van der Waals surface area contributed by atoms with Gasteiger partial charge in [0.25, 0.3) is 5.91 Å². The zero-order chi connectivity index (χ0) is 17.9. The first-order chi connectivity index (χ1) is 11.3. The quantitative estimate of drug-likeness (QED) is 0.857. The Morgan fingerprint density at radius 1 is 1.12 bits per heavy atom. The van der Waals surface area contributed by atoms with E-state index in [0.29, 0.717) is 10.6 Å². The molecule has 0 unspecified atom stereocenters. The van der Waals surface area contributed by atoms with Gasteiger partial charge < -0.3 is 5.32 Å². The van der Waals surface area contributed by atoms with Gasteiger partial charge in [-0.25, -0.2) is 8.42 Å². The van der Waals surface area contributed by atoms with Gasteiger partial charge in [-0.2, -0.15) is 4.31 Å². The summed E-state index contributed by atoms with van der Waals surface area (Å²) in [7, 11) is -0.779. The van der Waals surface area contributed by atoms with Crippen LogP contribution < -0.4 is 5.32 Å². The van der Waals surface area contributed by atoms with Crippen molar-refractivity contribution in [1.82, 2.24) is 9.62 Å². The Hall–Kier alpha value is -1.60. The molecule has 0 aliphatic rings. The van der Waals surface area contributed by atoms with E-state index in [2.05, 4.69) is 5.32 Å². The number of amides is 1. The van der Waals surface area contributed by atoms with Crippen molar-refractivity contribution in [1.29, 1.82) is 0 Å². The maximum atomic E-state index is 12.6. The molecule has 2 aromatic carbocycles. The second-order valence-corrected chi connectivity index (χ2v) is 7.97. The van der Waals surface area contributed by atoms with Gasteiger partial charge in [-0.3, -0.25) is 4.79 Å². The van der Waals surface area contributed by atoms with Crippen molar-refractivity contribution in [3.8, 4) is 0 Å². The Kier molecular flexibility index (Phi) is 5.87. The molecule has 0 aliphatic heterocycles. The summed E-state index contributed by atoms with van der Waals surface area (Å²) in [5.41, 5.74) is 1.25. The molecule has 0 aliphatic carbocycles. The van der Waals surface area contributed by atoms with Crippen LogP contribution in [0.5, 0.6) is 0 Å². The van der Waals surface area contributed by atoms with Gasteiger partial charge in [-0.1, -0.05) is 35.3 Å². The predicted octanol–water partition coefficient (Wildman–Crippen LogP) is 3.17. The summed E-state index contributed by atoms with van der Waals surface area (Å²) in [4.78, 5) is 11.5. The second-order valence-electron chi connectivity index (χ2n) is 5.11. The highest BCUT2D eigenvalue weighted by atomic mass is 35.5. The van der Waals surface area contributed by atoms with E-state index in [1.54, 1.807) is 31.3 Å². The maximum Gasteiger partial charge on any atom is 0.251 e. The first kappa shape index (κ1) is 18.7. The zero-order valence-electron chi connectivity index (χ0n) is 13.1. The number of benzene rings is 2. The van der Waals surface area contributed by atoms with Crippen molar-refractivity contribution in [2.45, 2.75) is 11.4 Å². The highest BCUT2D eigenvalue weighted by Gasteiger charge is 2.24. The fraction of sp³-hybridized carbons (Fsp3) is 0.188. The largest absolute Gasteiger partial charge is 0.355 e. The monoisotopic (exact) mass is 386 g/mol. The molecule has 0 fully saturated rings. The molecule has 0 saturated carbocycles. The van der Waals surface area contributed by atoms with Gasteiger partial charge in [-0.15, -0.1) is 0 Å². The smallest absolute Gasteiger partial charge is 0.251 e. The minimum absolute atomic E-state index is 0.0406. The Morgan fingerprint density at radius 2 is 1.75 bits per heavy atom. The Bertz CT molecular complexity index is 852. The van der Waals surface area contributed by atoms with E-state index < -0.39 is 10.0 Å². The summed E-state index contributed by atoms with van der Waals surface area (Å²) >= 11 is 11.9. The van der Waals surface area contributed by atoms with Crippen LogP contribution in [-0.2, 0) is 16.6 Å². The summed E-state index contributed by atoms with van der Waals surface area (Å²) in [6, 6.07) is 11.0. The normalized spacial score (nSPS) is 11.5. The van der Waals surface area contributed by atoms with E-state index in [4.69, 9.17) is 23.2 Å². The lowest BCUT2D eigenvalue weighted by Gasteiger charge is -2.18. The molecular weight excluding hydrogens is 371 g/mol. The van der Waals surface area contributed by atoms with Gasteiger partial charge in [0.2, 0.25) is 10.0 Å². The molecule has 2 aromatic rings. The van der Waals surface area contributed by atoms with Gasteiger partial charge in [0.05, 0.1) is 5.02 Å². The van der Waals surface area contributed by atoms with E-state index in [1.807, 2.05) is 0 Å². The number of nitrogens with zero attached hydrogens (tertiary/aromatic N) is 1. The van der Waals surface area contributed by atoms with Crippen molar-refractivity contribution in [2.75, 3.05) is 14.1 Å². The Morgan fingerprint density at radius 3 is 2.33 bits per heavy atom. The van der Waals surface area contributed by atoms with E-state index >= 15 is 0 Å². The molecule has 128 valence electrons. The predicted molar refractivity (Wildman–Crippen MR) is 94.9 cm³/mol. The SMILES string of the molecule is CNC(=O)c1ccc(CN(C)S(=O)(=O)c2cc(Cl)ccc2Cl)cc1. The van der Waals surface area contributed by atoms with Crippen LogP contribution in [0, 0.1) is 0 Å². The molecule has 1 amide bonds. The Labute approximate surface area is 151 Å². The van der Waals surface area contributed by atoms with Crippen LogP contribution in [0.4, 0.5) is 0 Å². The molecule has 1 N–H and O–H groups in total. The van der Waals surface area contributed by atoms with Crippen molar-refractivity contribution < 1.29 is 13.2 Å². The van der Waals surface area contributed by atoms with Crippen LogP contribution in [0.2, 0.25) is 10.0 Å². The third-order valence-electron chi connectivity index (χ3n) is 3.43. The average molecular weight is 387 g/mol. The summed E-state index contributed by atoms with van der Waals surface area (Å²) in [6.45, 7) is 0.138. The van der Waals surface area contributed by atoms with E-state index in [-0.39, 0.29) is 22.4 Å². The maximum absolute atomic E-state index is 12.6. The number of nitrogens with one attached hydrogen (secondary N) is 1. The van der Waals surface area contributed by atoms with Crippen LogP contribution in [0.1, 0.15) is 15.9 Å². The third-order valence-corrected chi connectivity index (χ3v) is 5.95. The second kappa shape index (κ2) is 7.53. The molecule has 2 rings (SSSR count). The fourth-order valence-corrected chi connectivity index (χ4v) is 3.98. The molecule has 0 atom stereocenters. The summed E-state index contributed by atoms with van der Waals surface area (Å²) in [5, 5.41) is 2.93. The van der Waals surface area contributed by atoms with Gasteiger partial charge in [0, 0.05) is 31.2 Å². The number of hydrogen-bond donors (Lipinski definition) is 1. The van der Waals surface area contributed by atoms with Crippen LogP contribution in [-0.4, -0.2) is 32.7 Å². The van der Waals surface area contributed by atoms with Crippen LogP contribution in [0.25, 0.3) is 0 Å². The van der Waals surface area contributed by atoms with Crippen molar-refractivity contribution in [3.05, 3.63) is 63.6 Å². The number of halogens is 2. The molecule has 24 heavy (non-hydrogen) atoms. The lowest BCUT2D eigenvalue weighted by atomic mass is 10.1. The van der Waals surface area contributed by atoms with E-state index in [9.17, 15) is 13.2 Å². The first-order valence-electron chi connectivity index (χ1n) is 6.98. The molecule has 0 spiro atoms. The minimum Gasteiger partial charge on any atom is -0.355 e. The molecule has 8 heteroatoms. The number of carbonyl (C=O) groups excluding carboxylic acids is 1. The first-order valence-corrected chi connectivity index (χ1v) is 9.17. The van der Waals surface area contributed by atoms with Crippen LogP contribution in [0.15, 0.2) is 47.4 Å². The molecule has 0 heterocycles. The zero-order valence-corrected chi connectivity index (χ0v) is 15.4. The van der Waals surface area contributed by atoms with Gasteiger partial charge in [0.15, 0.2) is 0 Å². The number of hydrogen-bond acceptors (Lipinski definition) is 3. The summed E-state index contributed by atoms with van der Waals surface area (Å²) in [5.74, 6) is -0.201. The number of carbonyl (C=O) groups is 1. The van der Waals surface area contributed by atoms with Crippen molar-refractivity contribution in [2.24, 2.45) is 0 Å². The number of rotatable bonds is 5. The standard InChI is InChI=1S/C16H16Cl2N2O3S/c1-19-16(21)12-5-3-11(4-6-12)10-20(2)24(22,23)15-9-13(17)7-8-14(15)18/h3-9H,10H2,1-2H3,(H,19,21). The van der Waals surface area contributed by atoms with E-state index in [1.165, 1.54) is 29.6 Å². The summed E-state index contributed by atoms with van der Waals surface area (Å²) < 4.78 is 26.5. The van der Waals surface area contributed by atoms with Gasteiger partial charge in [-0.05, 0) is 35.9 Å².